The van der Waals surface area contributed by atoms with Crippen molar-refractivity contribution < 1.29 is 4.74 Å². The van der Waals surface area contributed by atoms with Crippen molar-refractivity contribution >= 4 is 0 Å². The Balaban J connectivity index is 1.79. The average molecular weight is 196 g/mol. The summed E-state index contributed by atoms with van der Waals surface area (Å²) in [6.07, 6.45) is 4.05. The van der Waals surface area contributed by atoms with Crippen molar-refractivity contribution in [2.24, 2.45) is 13.0 Å². The number of hydrogen-bond acceptors (Lipinski definition) is 4. The number of rotatable bonds is 3. The van der Waals surface area contributed by atoms with Crippen LogP contribution in [-0.4, -0.2) is 34.7 Å². The van der Waals surface area contributed by atoms with Crippen LogP contribution in [-0.2, 0) is 7.05 Å². The number of ether oxygens (including phenoxy) is 1. The fraction of sp³-hybridized carbons (Fsp3) is 0.778. The molecule has 1 aromatic heterocycles. The number of hydrogen-bond donors (Lipinski definition) is 1. The fourth-order valence-electron chi connectivity index (χ4n) is 1.66. The molecule has 2 rings (SSSR count). The third kappa shape index (κ3) is 2.23. The normalized spacial score (nSPS) is 18.4. The second kappa shape index (κ2) is 4.41. The molecule has 1 aromatic rings. The second-order valence-electron chi connectivity index (χ2n) is 3.70. The van der Waals surface area contributed by atoms with Crippen LogP contribution in [0, 0.1) is 5.92 Å². The van der Waals surface area contributed by atoms with Gasteiger partial charge in [0.25, 0.3) is 0 Å². The Bertz CT molecular complexity index is 280. The van der Waals surface area contributed by atoms with Crippen LogP contribution in [0.3, 0.4) is 0 Å². The molecule has 0 unspecified atom stereocenters. The Labute approximate surface area is 83.4 Å². The predicted molar refractivity (Wildman–Crippen MR) is 52.1 cm³/mol. The lowest BCUT2D eigenvalue weighted by Gasteiger charge is -2.22. The van der Waals surface area contributed by atoms with E-state index in [1.54, 1.807) is 10.9 Å². The monoisotopic (exact) mass is 196 g/mol. The highest BCUT2D eigenvalue weighted by molar-refractivity contribution is 5.00. The van der Waals surface area contributed by atoms with Gasteiger partial charge in [0.05, 0.1) is 6.61 Å². The standard InChI is InChI=1S/C9H16N4O/c1-13-9(6-11-12-13)14-7-8-2-4-10-5-3-8/h6,8,10H,2-5,7H2,1H3. The van der Waals surface area contributed by atoms with E-state index in [2.05, 4.69) is 15.6 Å². The Morgan fingerprint density at radius 1 is 1.57 bits per heavy atom. The first-order chi connectivity index (χ1) is 6.86. The van der Waals surface area contributed by atoms with Crippen LogP contribution in [0.25, 0.3) is 0 Å². The van der Waals surface area contributed by atoms with Crippen molar-refractivity contribution in [2.75, 3.05) is 19.7 Å². The number of aromatic nitrogens is 3. The van der Waals surface area contributed by atoms with Gasteiger partial charge in [-0.15, -0.1) is 5.10 Å². The zero-order valence-corrected chi connectivity index (χ0v) is 8.44. The van der Waals surface area contributed by atoms with E-state index in [0.717, 1.165) is 25.6 Å². The molecule has 2 heterocycles. The van der Waals surface area contributed by atoms with E-state index in [9.17, 15) is 0 Å². The summed E-state index contributed by atoms with van der Waals surface area (Å²) < 4.78 is 7.28. The van der Waals surface area contributed by atoms with Gasteiger partial charge in [0.15, 0.2) is 0 Å². The molecule has 0 bridgehead atoms. The highest BCUT2D eigenvalue weighted by atomic mass is 16.5. The molecule has 1 saturated heterocycles. The summed E-state index contributed by atoms with van der Waals surface area (Å²) in [5, 5.41) is 10.9. The van der Waals surface area contributed by atoms with Crippen LogP contribution >= 0.6 is 0 Å². The first-order valence-corrected chi connectivity index (χ1v) is 5.04. The summed E-state index contributed by atoms with van der Waals surface area (Å²) in [7, 11) is 1.84. The van der Waals surface area contributed by atoms with E-state index < -0.39 is 0 Å². The maximum atomic E-state index is 5.63. The summed E-state index contributed by atoms with van der Waals surface area (Å²) in [6, 6.07) is 0. The molecule has 0 amide bonds. The van der Waals surface area contributed by atoms with Gasteiger partial charge in [-0.2, -0.15) is 0 Å². The SMILES string of the molecule is Cn1nncc1OCC1CCNCC1. The highest BCUT2D eigenvalue weighted by Gasteiger charge is 2.14. The zero-order chi connectivity index (χ0) is 9.80. The Morgan fingerprint density at radius 3 is 3.00 bits per heavy atom. The zero-order valence-electron chi connectivity index (χ0n) is 8.44. The Kier molecular flexibility index (Phi) is 2.98. The molecular formula is C9H16N4O. The third-order valence-electron chi connectivity index (χ3n) is 2.60. The summed E-state index contributed by atoms with van der Waals surface area (Å²) >= 11 is 0. The maximum Gasteiger partial charge on any atom is 0.232 e. The van der Waals surface area contributed by atoms with E-state index >= 15 is 0 Å². The topological polar surface area (TPSA) is 52.0 Å². The maximum absolute atomic E-state index is 5.63. The summed E-state index contributed by atoms with van der Waals surface area (Å²) in [5.74, 6) is 1.43. The molecule has 0 aliphatic carbocycles. The summed E-state index contributed by atoms with van der Waals surface area (Å²) in [4.78, 5) is 0. The number of nitrogens with one attached hydrogen (secondary N) is 1. The molecule has 5 nitrogen and oxygen atoms in total. The summed E-state index contributed by atoms with van der Waals surface area (Å²) in [6.45, 7) is 3.00. The minimum atomic E-state index is 0.672. The van der Waals surface area contributed by atoms with Gasteiger partial charge in [0, 0.05) is 7.05 Å². The molecule has 5 heteroatoms. The molecule has 1 N–H and O–H groups in total. The number of nitrogens with zero attached hydrogens (tertiary/aromatic N) is 3. The Morgan fingerprint density at radius 2 is 2.36 bits per heavy atom. The van der Waals surface area contributed by atoms with Crippen LogP contribution in [0.4, 0.5) is 0 Å². The van der Waals surface area contributed by atoms with Gasteiger partial charge >= 0.3 is 0 Å². The molecule has 0 spiro atoms. The molecule has 78 valence electrons. The quantitative estimate of drug-likeness (QED) is 0.750. The minimum Gasteiger partial charge on any atom is -0.476 e. The van der Waals surface area contributed by atoms with Crippen LogP contribution in [0.2, 0.25) is 0 Å². The lowest BCUT2D eigenvalue weighted by molar-refractivity contribution is 0.202. The van der Waals surface area contributed by atoms with Gasteiger partial charge in [0.2, 0.25) is 5.88 Å². The molecule has 1 aliphatic heterocycles. The molecule has 0 atom stereocenters. The molecule has 0 saturated carbocycles. The van der Waals surface area contributed by atoms with Crippen molar-refractivity contribution in [1.29, 1.82) is 0 Å². The lowest BCUT2D eigenvalue weighted by atomic mass is 9.99. The van der Waals surface area contributed by atoms with E-state index in [-0.39, 0.29) is 0 Å². The molecule has 0 aromatic carbocycles. The molecule has 1 fully saturated rings. The van der Waals surface area contributed by atoms with E-state index in [4.69, 9.17) is 4.74 Å². The highest BCUT2D eigenvalue weighted by Crippen LogP contribution is 2.14. The molecule has 14 heavy (non-hydrogen) atoms. The van der Waals surface area contributed by atoms with Crippen molar-refractivity contribution in [1.82, 2.24) is 20.3 Å². The van der Waals surface area contributed by atoms with Crippen molar-refractivity contribution in [3.63, 3.8) is 0 Å². The number of piperidine rings is 1. The predicted octanol–water partition coefficient (Wildman–Crippen LogP) is 0.194. The van der Waals surface area contributed by atoms with Gasteiger partial charge in [-0.3, -0.25) is 0 Å². The fourth-order valence-corrected chi connectivity index (χ4v) is 1.66. The summed E-state index contributed by atoms with van der Waals surface area (Å²) in [5.41, 5.74) is 0. The van der Waals surface area contributed by atoms with Crippen LogP contribution in [0.1, 0.15) is 12.8 Å². The van der Waals surface area contributed by atoms with Crippen LogP contribution in [0.5, 0.6) is 5.88 Å². The third-order valence-corrected chi connectivity index (χ3v) is 2.60. The number of aryl methyl sites for hydroxylation is 1. The average Bonchev–Trinajstić information content (AvgIpc) is 2.63. The molecular weight excluding hydrogens is 180 g/mol. The van der Waals surface area contributed by atoms with Gasteiger partial charge in [-0.25, -0.2) is 4.68 Å². The lowest BCUT2D eigenvalue weighted by Crippen LogP contribution is -2.30. The second-order valence-corrected chi connectivity index (χ2v) is 3.70. The van der Waals surface area contributed by atoms with Crippen molar-refractivity contribution in [3.8, 4) is 5.88 Å². The van der Waals surface area contributed by atoms with Gasteiger partial charge in [-0.1, -0.05) is 5.21 Å². The Hall–Kier alpha value is -1.10. The van der Waals surface area contributed by atoms with E-state index in [1.165, 1.54) is 12.8 Å². The van der Waals surface area contributed by atoms with Gasteiger partial charge in [0.1, 0.15) is 6.20 Å². The van der Waals surface area contributed by atoms with E-state index in [0.29, 0.717) is 5.92 Å². The first-order valence-electron chi connectivity index (χ1n) is 5.04. The molecule has 0 radical (unpaired) electrons. The van der Waals surface area contributed by atoms with Crippen LogP contribution < -0.4 is 10.1 Å². The van der Waals surface area contributed by atoms with Crippen LogP contribution in [0.15, 0.2) is 6.20 Å². The van der Waals surface area contributed by atoms with Gasteiger partial charge in [-0.05, 0) is 31.8 Å². The largest absolute Gasteiger partial charge is 0.476 e. The van der Waals surface area contributed by atoms with Crippen molar-refractivity contribution in [3.05, 3.63) is 6.20 Å². The first kappa shape index (κ1) is 9.45. The van der Waals surface area contributed by atoms with E-state index in [1.807, 2.05) is 7.05 Å². The van der Waals surface area contributed by atoms with Gasteiger partial charge < -0.3 is 10.1 Å². The van der Waals surface area contributed by atoms with Crippen molar-refractivity contribution in [2.45, 2.75) is 12.8 Å². The molecule has 1 aliphatic rings. The smallest absolute Gasteiger partial charge is 0.232 e. The minimum absolute atomic E-state index is 0.672.